The van der Waals surface area contributed by atoms with Gasteiger partial charge in [0.15, 0.2) is 10.8 Å². The van der Waals surface area contributed by atoms with Crippen molar-refractivity contribution in [1.29, 1.82) is 0 Å². The van der Waals surface area contributed by atoms with Crippen LogP contribution < -0.4 is 15.4 Å². The van der Waals surface area contributed by atoms with E-state index in [4.69, 9.17) is 10.5 Å². The Morgan fingerprint density at radius 1 is 0.951 bits per heavy atom. The molecule has 0 spiro atoms. The van der Waals surface area contributed by atoms with E-state index < -0.39 is 21.4 Å². The maximum atomic E-state index is 13.4. The van der Waals surface area contributed by atoms with Gasteiger partial charge >= 0.3 is 0 Å². The Morgan fingerprint density at radius 2 is 1.63 bits per heavy atom. The standard InChI is InChI=1S/C30H32N6O4S/c1-19-14-20(2)28(21(3)15-19)40-29-23(25(37)18-41(38,39)27-9-7-8-26(31)35-27)10-11-24(34-29)22-16-32-30(33-17-22)36-12-5-4-6-13-36/h7-11,14-17H,4-6,12-13,18H2,1-3H3,(H2,31,35). The lowest BCUT2D eigenvalue weighted by Gasteiger charge is -2.26. The molecule has 1 saturated heterocycles. The zero-order valence-corrected chi connectivity index (χ0v) is 24.1. The van der Waals surface area contributed by atoms with Crippen LogP contribution >= 0.6 is 0 Å². The molecular weight excluding hydrogens is 540 g/mol. The largest absolute Gasteiger partial charge is 0.438 e. The van der Waals surface area contributed by atoms with Crippen LogP contribution in [0.2, 0.25) is 0 Å². The summed E-state index contributed by atoms with van der Waals surface area (Å²) in [6.45, 7) is 7.65. The number of nitrogens with zero attached hydrogens (tertiary/aromatic N) is 5. The molecule has 0 bridgehead atoms. The number of ketones is 1. The fourth-order valence-corrected chi connectivity index (χ4v) is 6.13. The Bertz CT molecular complexity index is 1680. The molecule has 10 nitrogen and oxygen atoms in total. The summed E-state index contributed by atoms with van der Waals surface area (Å²) in [5, 5.41) is -0.269. The number of nitrogens with two attached hydrogens (primary N) is 1. The van der Waals surface area contributed by atoms with Crippen LogP contribution in [0.3, 0.4) is 0 Å². The number of hydrogen-bond acceptors (Lipinski definition) is 10. The number of nitrogen functional groups attached to an aromatic ring is 1. The number of carbonyl (C=O) groups excluding carboxylic acids is 1. The summed E-state index contributed by atoms with van der Waals surface area (Å²) in [5.74, 6) is -0.233. The number of ether oxygens (including phenoxy) is 1. The van der Waals surface area contributed by atoms with Crippen LogP contribution in [0.4, 0.5) is 11.8 Å². The Kier molecular flexibility index (Phi) is 7.98. The van der Waals surface area contributed by atoms with Gasteiger partial charge in [0, 0.05) is 31.0 Å². The Labute approximate surface area is 239 Å². The van der Waals surface area contributed by atoms with Crippen LogP contribution in [-0.2, 0) is 9.84 Å². The lowest BCUT2D eigenvalue weighted by molar-refractivity contribution is 0.101. The maximum Gasteiger partial charge on any atom is 0.230 e. The number of piperidine rings is 1. The number of rotatable bonds is 8. The molecule has 11 heteroatoms. The Balaban J connectivity index is 1.51. The van der Waals surface area contributed by atoms with Crippen LogP contribution in [0.5, 0.6) is 11.6 Å². The van der Waals surface area contributed by atoms with Crippen molar-refractivity contribution in [3.8, 4) is 22.9 Å². The second-order valence-electron chi connectivity index (χ2n) is 10.3. The highest BCUT2D eigenvalue weighted by Crippen LogP contribution is 2.33. The van der Waals surface area contributed by atoms with Crippen molar-refractivity contribution in [2.45, 2.75) is 45.1 Å². The summed E-state index contributed by atoms with van der Waals surface area (Å²) in [4.78, 5) is 33.2. The lowest BCUT2D eigenvalue weighted by atomic mass is 10.1. The molecule has 5 rings (SSSR count). The highest BCUT2D eigenvalue weighted by Gasteiger charge is 2.26. The first-order valence-corrected chi connectivity index (χ1v) is 15.1. The van der Waals surface area contributed by atoms with E-state index >= 15 is 0 Å². The molecule has 0 aliphatic carbocycles. The van der Waals surface area contributed by atoms with Crippen LogP contribution in [0.15, 0.2) is 59.9 Å². The minimum absolute atomic E-state index is 0.00149. The first kappa shape index (κ1) is 28.2. The molecule has 2 N–H and O–H groups in total. The minimum atomic E-state index is -4.07. The van der Waals surface area contributed by atoms with Crippen molar-refractivity contribution >= 4 is 27.4 Å². The second kappa shape index (κ2) is 11.6. The predicted molar refractivity (Wildman–Crippen MR) is 157 cm³/mol. The zero-order valence-electron chi connectivity index (χ0n) is 23.3. The van der Waals surface area contributed by atoms with Gasteiger partial charge in [0.25, 0.3) is 0 Å². The number of anilines is 2. The zero-order chi connectivity index (χ0) is 29.1. The average Bonchev–Trinajstić information content (AvgIpc) is 2.95. The number of hydrogen-bond donors (Lipinski definition) is 1. The number of sulfone groups is 1. The second-order valence-corrected chi connectivity index (χ2v) is 12.2. The van der Waals surface area contributed by atoms with E-state index in [1.807, 2.05) is 32.9 Å². The third kappa shape index (κ3) is 6.35. The fraction of sp³-hybridized carbons (Fsp3) is 0.300. The summed E-state index contributed by atoms with van der Waals surface area (Å²) < 4.78 is 32.3. The van der Waals surface area contributed by atoms with Gasteiger partial charge in [0.1, 0.15) is 17.3 Å². The van der Waals surface area contributed by atoms with Crippen molar-refractivity contribution in [2.24, 2.45) is 0 Å². The van der Waals surface area contributed by atoms with Crippen molar-refractivity contribution in [3.63, 3.8) is 0 Å². The molecule has 4 heterocycles. The first-order chi connectivity index (χ1) is 19.6. The van der Waals surface area contributed by atoms with Gasteiger partial charge in [0.05, 0.1) is 11.3 Å². The number of aryl methyl sites for hydroxylation is 3. The van der Waals surface area contributed by atoms with E-state index in [0.717, 1.165) is 42.6 Å². The van der Waals surface area contributed by atoms with Gasteiger partial charge in [-0.25, -0.2) is 28.4 Å². The molecule has 1 aromatic carbocycles. The molecule has 0 saturated carbocycles. The van der Waals surface area contributed by atoms with Crippen molar-refractivity contribution in [3.05, 3.63) is 77.1 Å². The first-order valence-electron chi connectivity index (χ1n) is 13.4. The number of carbonyl (C=O) groups is 1. The van der Waals surface area contributed by atoms with Crippen LogP contribution in [0.25, 0.3) is 11.3 Å². The molecule has 0 amide bonds. The van der Waals surface area contributed by atoms with Crippen molar-refractivity contribution < 1.29 is 17.9 Å². The maximum absolute atomic E-state index is 13.4. The van der Waals surface area contributed by atoms with E-state index in [0.29, 0.717) is 23.0 Å². The lowest BCUT2D eigenvalue weighted by Crippen LogP contribution is -2.30. The summed E-state index contributed by atoms with van der Waals surface area (Å²) in [7, 11) is -4.07. The molecule has 4 aromatic rings. The van der Waals surface area contributed by atoms with Crippen molar-refractivity contribution in [2.75, 3.05) is 29.5 Å². The minimum Gasteiger partial charge on any atom is -0.438 e. The number of Topliss-reactive ketones (excluding diaryl/α,β-unsaturated/α-hetero) is 1. The molecule has 3 aromatic heterocycles. The summed E-state index contributed by atoms with van der Waals surface area (Å²) in [5.41, 5.74) is 9.62. The van der Waals surface area contributed by atoms with E-state index in [1.54, 1.807) is 18.5 Å². The predicted octanol–water partition coefficient (Wildman–Crippen LogP) is 4.88. The highest BCUT2D eigenvalue weighted by molar-refractivity contribution is 7.92. The third-order valence-electron chi connectivity index (χ3n) is 6.92. The topological polar surface area (TPSA) is 141 Å². The third-order valence-corrected chi connectivity index (χ3v) is 8.43. The molecular formula is C30H32N6O4S. The van der Waals surface area contributed by atoms with Crippen LogP contribution in [0, 0.1) is 20.8 Å². The Morgan fingerprint density at radius 3 is 2.29 bits per heavy atom. The quantitative estimate of drug-likeness (QED) is 0.290. The molecule has 0 radical (unpaired) electrons. The summed E-state index contributed by atoms with van der Waals surface area (Å²) >= 11 is 0. The molecule has 0 atom stereocenters. The molecule has 1 aliphatic rings. The summed E-state index contributed by atoms with van der Waals surface area (Å²) in [6, 6.07) is 11.4. The van der Waals surface area contributed by atoms with Gasteiger partial charge < -0.3 is 15.4 Å². The Hall–Kier alpha value is -4.38. The van der Waals surface area contributed by atoms with E-state index in [9.17, 15) is 13.2 Å². The molecule has 0 unspecified atom stereocenters. The van der Waals surface area contributed by atoms with Gasteiger partial charge in [-0.3, -0.25) is 4.79 Å². The van der Waals surface area contributed by atoms with E-state index in [1.165, 1.54) is 30.7 Å². The number of pyridine rings is 2. The number of aromatic nitrogens is 4. The average molecular weight is 573 g/mol. The molecule has 1 fully saturated rings. The monoisotopic (exact) mass is 572 g/mol. The summed E-state index contributed by atoms with van der Waals surface area (Å²) in [6.07, 6.45) is 6.84. The van der Waals surface area contributed by atoms with Gasteiger partial charge in [-0.2, -0.15) is 0 Å². The normalized spacial score (nSPS) is 13.7. The van der Waals surface area contributed by atoms with Crippen LogP contribution in [-0.4, -0.2) is 53.0 Å². The molecule has 1 aliphatic heterocycles. The molecule has 212 valence electrons. The number of benzene rings is 1. The van der Waals surface area contributed by atoms with Gasteiger partial charge in [-0.15, -0.1) is 0 Å². The van der Waals surface area contributed by atoms with Gasteiger partial charge in [-0.1, -0.05) is 23.8 Å². The van der Waals surface area contributed by atoms with Gasteiger partial charge in [0.2, 0.25) is 21.7 Å². The smallest absolute Gasteiger partial charge is 0.230 e. The fourth-order valence-electron chi connectivity index (χ4n) is 4.95. The van der Waals surface area contributed by atoms with Crippen molar-refractivity contribution in [1.82, 2.24) is 19.9 Å². The van der Waals surface area contributed by atoms with E-state index in [-0.39, 0.29) is 22.3 Å². The highest BCUT2D eigenvalue weighted by atomic mass is 32.2. The molecule has 41 heavy (non-hydrogen) atoms. The van der Waals surface area contributed by atoms with Gasteiger partial charge in [-0.05, 0) is 75.4 Å². The van der Waals surface area contributed by atoms with Crippen LogP contribution in [0.1, 0.15) is 46.3 Å². The van der Waals surface area contributed by atoms with E-state index in [2.05, 4.69) is 24.8 Å². The SMILES string of the molecule is Cc1cc(C)c(Oc2nc(-c3cnc(N4CCCCC4)nc3)ccc2C(=O)CS(=O)(=O)c2cccc(N)n2)c(C)c1.